The molecule has 2 aromatic heterocycles. The van der Waals surface area contributed by atoms with Gasteiger partial charge in [-0.05, 0) is 54.3 Å². The Morgan fingerprint density at radius 3 is 2.66 bits per heavy atom. The summed E-state index contributed by atoms with van der Waals surface area (Å²) in [5.41, 5.74) is 4.92. The van der Waals surface area contributed by atoms with Gasteiger partial charge in [0, 0.05) is 42.3 Å². The Balaban J connectivity index is 1.39. The van der Waals surface area contributed by atoms with Crippen LogP contribution < -0.4 is 4.74 Å². The molecule has 1 aliphatic rings. The first kappa shape index (κ1) is 22.6. The summed E-state index contributed by atoms with van der Waals surface area (Å²) in [7, 11) is 1.66. The molecule has 1 atom stereocenters. The maximum Gasteiger partial charge on any atom is 0.247 e. The Labute approximate surface area is 205 Å². The van der Waals surface area contributed by atoms with Gasteiger partial charge in [0.25, 0.3) is 0 Å². The number of ether oxygens (including phenoxy) is 1. The first-order valence-electron chi connectivity index (χ1n) is 11.9. The van der Waals surface area contributed by atoms with Crippen LogP contribution in [-0.2, 0) is 11.3 Å². The standard InChI is InChI=1S/C29H28N4O2/c1-35-26-14-11-23(12-15-26)27-10-6-18-33(27)28(34)16-13-25-21-32(20-22-7-3-2-4-8-22)31-29(25)24-9-5-17-30-19-24/h2-5,7-9,11-17,19,21,27H,6,10,18,20H2,1H3/b16-13+. The van der Waals surface area contributed by atoms with E-state index in [1.165, 1.54) is 5.56 Å². The fourth-order valence-electron chi connectivity index (χ4n) is 4.60. The third kappa shape index (κ3) is 5.17. The molecule has 2 aromatic carbocycles. The van der Waals surface area contributed by atoms with Gasteiger partial charge in [-0.3, -0.25) is 14.5 Å². The van der Waals surface area contributed by atoms with E-state index < -0.39 is 0 Å². The summed E-state index contributed by atoms with van der Waals surface area (Å²) in [6, 6.07) is 22.2. The number of pyridine rings is 1. The zero-order valence-corrected chi connectivity index (χ0v) is 19.7. The summed E-state index contributed by atoms with van der Waals surface area (Å²) in [6.07, 6.45) is 11.0. The Kier molecular flexibility index (Phi) is 6.70. The molecule has 6 nitrogen and oxygen atoms in total. The van der Waals surface area contributed by atoms with Gasteiger partial charge >= 0.3 is 0 Å². The van der Waals surface area contributed by atoms with E-state index >= 15 is 0 Å². The van der Waals surface area contributed by atoms with Crippen LogP contribution in [0.25, 0.3) is 17.3 Å². The Morgan fingerprint density at radius 2 is 1.91 bits per heavy atom. The summed E-state index contributed by atoms with van der Waals surface area (Å²) in [5, 5.41) is 4.82. The van der Waals surface area contributed by atoms with Crippen LogP contribution in [0, 0.1) is 0 Å². The van der Waals surface area contributed by atoms with Crippen molar-refractivity contribution in [2.45, 2.75) is 25.4 Å². The maximum atomic E-state index is 13.2. The van der Waals surface area contributed by atoms with Gasteiger partial charge in [-0.25, -0.2) is 0 Å². The molecule has 4 aromatic rings. The number of likely N-dealkylation sites (tertiary alicyclic amines) is 1. The third-order valence-electron chi connectivity index (χ3n) is 6.35. The first-order chi connectivity index (χ1) is 17.2. The smallest absolute Gasteiger partial charge is 0.247 e. The molecule has 5 rings (SSSR count). The van der Waals surface area contributed by atoms with Crippen LogP contribution in [0.5, 0.6) is 5.75 Å². The summed E-state index contributed by atoms with van der Waals surface area (Å²) >= 11 is 0. The maximum absolute atomic E-state index is 13.2. The van der Waals surface area contributed by atoms with Crippen molar-refractivity contribution in [1.82, 2.24) is 19.7 Å². The lowest BCUT2D eigenvalue weighted by atomic mass is 10.0. The number of nitrogens with zero attached hydrogens (tertiary/aromatic N) is 4. The monoisotopic (exact) mass is 464 g/mol. The number of carbonyl (C=O) groups is 1. The highest BCUT2D eigenvalue weighted by molar-refractivity contribution is 5.93. The predicted molar refractivity (Wildman–Crippen MR) is 137 cm³/mol. The van der Waals surface area contributed by atoms with Crippen LogP contribution in [0.3, 0.4) is 0 Å². The van der Waals surface area contributed by atoms with Gasteiger partial charge in [-0.2, -0.15) is 5.10 Å². The summed E-state index contributed by atoms with van der Waals surface area (Å²) in [4.78, 5) is 19.5. The molecule has 0 saturated carbocycles. The van der Waals surface area contributed by atoms with Gasteiger partial charge in [0.2, 0.25) is 5.91 Å². The lowest BCUT2D eigenvalue weighted by Gasteiger charge is -2.24. The minimum Gasteiger partial charge on any atom is -0.497 e. The van der Waals surface area contributed by atoms with Gasteiger partial charge in [0.15, 0.2) is 0 Å². The van der Waals surface area contributed by atoms with E-state index in [1.54, 1.807) is 25.6 Å². The highest BCUT2D eigenvalue weighted by Gasteiger charge is 2.28. The number of rotatable bonds is 7. The van der Waals surface area contributed by atoms with E-state index in [0.717, 1.165) is 47.5 Å². The second-order valence-electron chi connectivity index (χ2n) is 8.65. The number of aromatic nitrogens is 3. The average molecular weight is 465 g/mol. The molecule has 1 aliphatic heterocycles. The van der Waals surface area contributed by atoms with E-state index in [4.69, 9.17) is 9.84 Å². The molecule has 1 fully saturated rings. The fourth-order valence-corrected chi connectivity index (χ4v) is 4.60. The molecule has 3 heterocycles. The number of hydrogen-bond donors (Lipinski definition) is 0. The van der Waals surface area contributed by atoms with Crippen LogP contribution in [0.1, 0.15) is 35.6 Å². The normalized spacial score (nSPS) is 15.6. The number of benzene rings is 2. The first-order valence-corrected chi connectivity index (χ1v) is 11.9. The van der Waals surface area contributed by atoms with Crippen molar-refractivity contribution in [3.05, 3.63) is 108 Å². The lowest BCUT2D eigenvalue weighted by Crippen LogP contribution is -2.28. The molecule has 0 spiro atoms. The van der Waals surface area contributed by atoms with Crippen LogP contribution in [0.2, 0.25) is 0 Å². The number of carbonyl (C=O) groups excluding carboxylic acids is 1. The molecule has 1 saturated heterocycles. The highest BCUT2D eigenvalue weighted by atomic mass is 16.5. The average Bonchev–Trinajstić information content (AvgIpc) is 3.56. The second kappa shape index (κ2) is 10.4. The molecule has 35 heavy (non-hydrogen) atoms. The van der Waals surface area contributed by atoms with E-state index in [2.05, 4.69) is 17.1 Å². The summed E-state index contributed by atoms with van der Waals surface area (Å²) < 4.78 is 7.19. The molecule has 1 amide bonds. The van der Waals surface area contributed by atoms with Crippen molar-refractivity contribution in [1.29, 1.82) is 0 Å². The Morgan fingerprint density at radius 1 is 1.09 bits per heavy atom. The second-order valence-corrected chi connectivity index (χ2v) is 8.65. The fraction of sp³-hybridized carbons (Fsp3) is 0.207. The topological polar surface area (TPSA) is 60.2 Å². The molecule has 0 aliphatic carbocycles. The van der Waals surface area contributed by atoms with Crippen LogP contribution in [0.15, 0.2) is 91.4 Å². The summed E-state index contributed by atoms with van der Waals surface area (Å²) in [5.74, 6) is 0.830. The van der Waals surface area contributed by atoms with Crippen molar-refractivity contribution in [3.8, 4) is 17.0 Å². The molecular weight excluding hydrogens is 436 g/mol. The molecule has 6 heteroatoms. The van der Waals surface area contributed by atoms with E-state index in [1.807, 2.05) is 76.5 Å². The molecule has 176 valence electrons. The molecule has 0 N–H and O–H groups in total. The van der Waals surface area contributed by atoms with Crippen molar-refractivity contribution in [3.63, 3.8) is 0 Å². The predicted octanol–water partition coefficient (Wildman–Crippen LogP) is 5.38. The Hall–Kier alpha value is -4.19. The van der Waals surface area contributed by atoms with Crippen molar-refractivity contribution >= 4 is 12.0 Å². The Bertz CT molecular complexity index is 1300. The van der Waals surface area contributed by atoms with E-state index in [0.29, 0.717) is 6.54 Å². The number of methoxy groups -OCH3 is 1. The zero-order chi connectivity index (χ0) is 24.0. The molecular formula is C29H28N4O2. The number of hydrogen-bond acceptors (Lipinski definition) is 4. The van der Waals surface area contributed by atoms with Gasteiger partial charge in [0.05, 0.1) is 19.7 Å². The van der Waals surface area contributed by atoms with Gasteiger partial charge in [-0.1, -0.05) is 42.5 Å². The van der Waals surface area contributed by atoms with Crippen LogP contribution in [0.4, 0.5) is 0 Å². The van der Waals surface area contributed by atoms with Gasteiger partial charge in [-0.15, -0.1) is 0 Å². The van der Waals surface area contributed by atoms with Crippen molar-refractivity contribution in [2.75, 3.05) is 13.7 Å². The van der Waals surface area contributed by atoms with Crippen LogP contribution in [-0.4, -0.2) is 39.2 Å². The number of amides is 1. The van der Waals surface area contributed by atoms with Crippen LogP contribution >= 0.6 is 0 Å². The molecule has 0 bridgehead atoms. The van der Waals surface area contributed by atoms with Gasteiger partial charge < -0.3 is 9.64 Å². The SMILES string of the molecule is COc1ccc(C2CCCN2C(=O)/C=C/c2cn(Cc3ccccc3)nc2-c2cccnc2)cc1. The van der Waals surface area contributed by atoms with E-state index in [-0.39, 0.29) is 11.9 Å². The highest BCUT2D eigenvalue weighted by Crippen LogP contribution is 2.33. The summed E-state index contributed by atoms with van der Waals surface area (Å²) in [6.45, 7) is 1.41. The lowest BCUT2D eigenvalue weighted by molar-refractivity contribution is -0.126. The molecule has 1 unspecified atom stereocenters. The minimum atomic E-state index is 0.0104. The minimum absolute atomic E-state index is 0.0104. The largest absolute Gasteiger partial charge is 0.497 e. The van der Waals surface area contributed by atoms with Gasteiger partial charge in [0.1, 0.15) is 11.4 Å². The zero-order valence-electron chi connectivity index (χ0n) is 19.7. The quantitative estimate of drug-likeness (QED) is 0.345. The third-order valence-corrected chi connectivity index (χ3v) is 6.35. The molecule has 0 radical (unpaired) electrons. The van der Waals surface area contributed by atoms with Crippen molar-refractivity contribution in [2.24, 2.45) is 0 Å². The van der Waals surface area contributed by atoms with Crippen molar-refractivity contribution < 1.29 is 9.53 Å². The van der Waals surface area contributed by atoms with E-state index in [9.17, 15) is 4.79 Å².